The maximum Gasteiger partial charge on any atom is 0.330 e. The van der Waals surface area contributed by atoms with Crippen LogP contribution < -0.4 is 0 Å². The van der Waals surface area contributed by atoms with Crippen LogP contribution in [0.25, 0.3) is 0 Å². The normalized spacial score (nSPS) is 10.5. The molecule has 0 saturated carbocycles. The molecule has 0 spiro atoms. The van der Waals surface area contributed by atoms with Crippen LogP contribution in [-0.4, -0.2) is 31.9 Å². The average Bonchev–Trinajstić information content (AvgIpc) is 2.13. The molecule has 74 valence electrons. The second kappa shape index (κ2) is 4.02. The van der Waals surface area contributed by atoms with E-state index in [0.29, 0.717) is 0 Å². The number of carbonyl (C=O) groups excluding carboxylic acids is 3. The van der Waals surface area contributed by atoms with Gasteiger partial charge < -0.3 is 9.47 Å². The number of hydrogen-bond acceptors (Lipinski definition) is 5. The van der Waals surface area contributed by atoms with Crippen molar-refractivity contribution in [2.24, 2.45) is 5.41 Å². The Labute approximate surface area is 76.0 Å². The number of ether oxygens (including phenoxy) is 2. The van der Waals surface area contributed by atoms with Gasteiger partial charge in [0, 0.05) is 0 Å². The Balaban J connectivity index is 5.06. The summed E-state index contributed by atoms with van der Waals surface area (Å²) in [5.41, 5.74) is -1.84. The lowest BCUT2D eigenvalue weighted by atomic mass is 9.86. The van der Waals surface area contributed by atoms with Crippen molar-refractivity contribution in [3.8, 4) is 0 Å². The van der Waals surface area contributed by atoms with Gasteiger partial charge in [0.1, 0.15) is 0 Å². The van der Waals surface area contributed by atoms with Crippen LogP contribution in [0.4, 0.5) is 0 Å². The van der Waals surface area contributed by atoms with Gasteiger partial charge in [-0.25, -0.2) is 0 Å². The first-order chi connectivity index (χ1) is 5.91. The summed E-state index contributed by atoms with van der Waals surface area (Å²) < 4.78 is 8.68. The van der Waals surface area contributed by atoms with Gasteiger partial charge in [-0.15, -0.1) is 0 Å². The summed E-state index contributed by atoms with van der Waals surface area (Å²) in [5.74, 6) is -2.43. The summed E-state index contributed by atoms with van der Waals surface area (Å²) in [6.07, 6.45) is 0. The molecule has 0 bridgehead atoms. The highest BCUT2D eigenvalue weighted by Gasteiger charge is 2.48. The predicted octanol–water partition coefficient (Wildman–Crippen LogP) is -0.0723. The van der Waals surface area contributed by atoms with E-state index in [-0.39, 0.29) is 0 Å². The second-order valence-corrected chi connectivity index (χ2v) is 2.66. The van der Waals surface area contributed by atoms with E-state index in [1.54, 1.807) is 0 Å². The summed E-state index contributed by atoms with van der Waals surface area (Å²) in [5, 5.41) is 0. The molecule has 0 atom stereocenters. The van der Waals surface area contributed by atoms with Crippen LogP contribution in [0.3, 0.4) is 0 Å². The molecule has 0 aromatic heterocycles. The highest BCUT2D eigenvalue weighted by atomic mass is 16.5. The molecule has 0 rings (SSSR count). The van der Waals surface area contributed by atoms with Gasteiger partial charge in [0.15, 0.2) is 5.78 Å². The number of esters is 2. The van der Waals surface area contributed by atoms with Crippen molar-refractivity contribution in [3.63, 3.8) is 0 Å². The monoisotopic (exact) mass is 188 g/mol. The molecule has 0 fully saturated rings. The fourth-order valence-electron chi connectivity index (χ4n) is 0.779. The minimum Gasteiger partial charge on any atom is -0.468 e. The number of methoxy groups -OCH3 is 2. The molecular weight excluding hydrogens is 176 g/mol. The van der Waals surface area contributed by atoms with Crippen LogP contribution in [0.2, 0.25) is 0 Å². The summed E-state index contributed by atoms with van der Waals surface area (Å²) >= 11 is 0. The first-order valence-corrected chi connectivity index (χ1v) is 3.59. The fraction of sp³-hybridized carbons (Fsp3) is 0.625. The molecule has 5 heteroatoms. The average molecular weight is 188 g/mol. The van der Waals surface area contributed by atoms with Gasteiger partial charge in [-0.3, -0.25) is 14.4 Å². The number of Topliss-reactive ketones (excluding diaryl/α,β-unsaturated/α-hetero) is 1. The lowest BCUT2D eigenvalue weighted by Crippen LogP contribution is -2.44. The Hall–Kier alpha value is -1.39. The topological polar surface area (TPSA) is 69.7 Å². The first kappa shape index (κ1) is 11.6. The zero-order valence-corrected chi connectivity index (χ0v) is 8.04. The molecule has 5 nitrogen and oxygen atoms in total. The van der Waals surface area contributed by atoms with Crippen molar-refractivity contribution in [3.05, 3.63) is 0 Å². The van der Waals surface area contributed by atoms with Crippen molar-refractivity contribution >= 4 is 17.7 Å². The Morgan fingerprint density at radius 3 is 1.46 bits per heavy atom. The van der Waals surface area contributed by atoms with Gasteiger partial charge in [-0.05, 0) is 13.8 Å². The van der Waals surface area contributed by atoms with Crippen molar-refractivity contribution < 1.29 is 23.9 Å². The van der Waals surface area contributed by atoms with Gasteiger partial charge in [0.25, 0.3) is 0 Å². The fourth-order valence-corrected chi connectivity index (χ4v) is 0.779. The second-order valence-electron chi connectivity index (χ2n) is 2.66. The summed E-state index contributed by atoms with van der Waals surface area (Å²) in [6, 6.07) is 0. The number of ketones is 1. The predicted molar refractivity (Wildman–Crippen MR) is 42.8 cm³/mol. The van der Waals surface area contributed by atoms with E-state index in [1.165, 1.54) is 6.92 Å². The molecule has 0 unspecified atom stereocenters. The number of rotatable bonds is 3. The van der Waals surface area contributed by atoms with Gasteiger partial charge in [0.05, 0.1) is 14.2 Å². The van der Waals surface area contributed by atoms with E-state index in [2.05, 4.69) is 9.47 Å². The molecule has 0 radical (unpaired) electrons. The van der Waals surface area contributed by atoms with Gasteiger partial charge >= 0.3 is 11.9 Å². The van der Waals surface area contributed by atoms with Gasteiger partial charge in [-0.1, -0.05) is 0 Å². The SMILES string of the molecule is COC(=O)C(C)(C(C)=O)C(=O)OC. The van der Waals surface area contributed by atoms with Gasteiger partial charge in [0.2, 0.25) is 5.41 Å². The third kappa shape index (κ3) is 1.85. The van der Waals surface area contributed by atoms with Crippen LogP contribution in [-0.2, 0) is 23.9 Å². The molecule has 0 saturated heterocycles. The maximum absolute atomic E-state index is 11.1. The standard InChI is InChI=1S/C8H12O5/c1-5(9)8(2,6(10)12-3)7(11)13-4/h1-4H3. The number of hydrogen-bond donors (Lipinski definition) is 0. The van der Waals surface area contributed by atoms with Crippen molar-refractivity contribution in [2.75, 3.05) is 14.2 Å². The van der Waals surface area contributed by atoms with E-state index in [4.69, 9.17) is 0 Å². The van der Waals surface area contributed by atoms with Crippen molar-refractivity contribution in [2.45, 2.75) is 13.8 Å². The minimum absolute atomic E-state index is 0.605. The van der Waals surface area contributed by atoms with Crippen LogP contribution in [0, 0.1) is 5.41 Å². The zero-order chi connectivity index (χ0) is 10.6. The molecular formula is C8H12O5. The van der Waals surface area contributed by atoms with Gasteiger partial charge in [-0.2, -0.15) is 0 Å². The molecule has 0 amide bonds. The third-order valence-electron chi connectivity index (χ3n) is 1.89. The zero-order valence-electron chi connectivity index (χ0n) is 8.04. The first-order valence-electron chi connectivity index (χ1n) is 3.59. The lowest BCUT2D eigenvalue weighted by Gasteiger charge is -2.19. The quantitative estimate of drug-likeness (QED) is 0.458. The van der Waals surface area contributed by atoms with E-state index in [9.17, 15) is 14.4 Å². The van der Waals surface area contributed by atoms with Crippen LogP contribution in [0.15, 0.2) is 0 Å². The molecule has 0 N–H and O–H groups in total. The lowest BCUT2D eigenvalue weighted by molar-refractivity contribution is -0.170. The molecule has 0 aliphatic rings. The minimum atomic E-state index is -1.84. The molecule has 0 heterocycles. The molecule has 0 aliphatic heterocycles. The van der Waals surface area contributed by atoms with E-state index >= 15 is 0 Å². The van der Waals surface area contributed by atoms with E-state index < -0.39 is 23.1 Å². The highest BCUT2D eigenvalue weighted by molar-refractivity contribution is 6.19. The third-order valence-corrected chi connectivity index (χ3v) is 1.89. The Bertz CT molecular complexity index is 227. The summed E-state index contributed by atoms with van der Waals surface area (Å²) in [7, 11) is 2.21. The molecule has 13 heavy (non-hydrogen) atoms. The maximum atomic E-state index is 11.1. The van der Waals surface area contributed by atoms with E-state index in [0.717, 1.165) is 21.1 Å². The molecule has 0 aromatic carbocycles. The Kier molecular flexibility index (Phi) is 3.59. The summed E-state index contributed by atoms with van der Waals surface area (Å²) in [6.45, 7) is 2.31. The Morgan fingerprint density at radius 2 is 1.31 bits per heavy atom. The smallest absolute Gasteiger partial charge is 0.330 e. The van der Waals surface area contributed by atoms with Crippen molar-refractivity contribution in [1.82, 2.24) is 0 Å². The molecule has 0 aromatic rings. The van der Waals surface area contributed by atoms with E-state index in [1.807, 2.05) is 0 Å². The Morgan fingerprint density at radius 1 is 1.00 bits per heavy atom. The summed E-state index contributed by atoms with van der Waals surface area (Å²) in [4.78, 5) is 33.3. The van der Waals surface area contributed by atoms with Crippen LogP contribution >= 0.6 is 0 Å². The van der Waals surface area contributed by atoms with Crippen LogP contribution in [0.1, 0.15) is 13.8 Å². The molecule has 0 aliphatic carbocycles. The highest BCUT2D eigenvalue weighted by Crippen LogP contribution is 2.21. The van der Waals surface area contributed by atoms with Crippen molar-refractivity contribution in [1.29, 1.82) is 0 Å². The number of carbonyl (C=O) groups is 3. The van der Waals surface area contributed by atoms with Crippen LogP contribution in [0.5, 0.6) is 0 Å². The largest absolute Gasteiger partial charge is 0.468 e.